The fourth-order valence-electron chi connectivity index (χ4n) is 4.41. The first-order valence-electron chi connectivity index (χ1n) is 12.4. The second-order valence-corrected chi connectivity index (χ2v) is 10.4. The monoisotopic (exact) mass is 536 g/mol. The summed E-state index contributed by atoms with van der Waals surface area (Å²) in [5.74, 6) is -0.197. The number of rotatable bonds is 6. The second kappa shape index (κ2) is 9.21. The van der Waals surface area contributed by atoms with Crippen LogP contribution in [-0.2, 0) is 0 Å². The molecule has 0 aliphatic heterocycles. The van der Waals surface area contributed by atoms with Crippen LogP contribution in [-0.4, -0.2) is 40.3 Å². The van der Waals surface area contributed by atoms with Gasteiger partial charge in [0.2, 0.25) is 0 Å². The number of fused-ring (bicyclic) bond motifs is 1. The molecule has 5 heterocycles. The summed E-state index contributed by atoms with van der Waals surface area (Å²) >= 11 is 1.31. The lowest BCUT2D eigenvalue weighted by Gasteiger charge is -2.03. The Hall–Kier alpha value is -4.77. The van der Waals surface area contributed by atoms with Crippen molar-refractivity contribution in [1.29, 1.82) is 0 Å². The fourth-order valence-corrected chi connectivity index (χ4v) is 5.36. The number of aromatic nitrogens is 7. The van der Waals surface area contributed by atoms with Crippen LogP contribution in [0.25, 0.3) is 38.7 Å². The Morgan fingerprint density at radius 2 is 1.87 bits per heavy atom. The van der Waals surface area contributed by atoms with Crippen LogP contribution in [0.4, 0.5) is 10.2 Å². The zero-order valence-corrected chi connectivity index (χ0v) is 21.6. The van der Waals surface area contributed by atoms with Gasteiger partial charge in [0.15, 0.2) is 11.5 Å². The minimum absolute atomic E-state index is 0.284. The minimum atomic E-state index is -0.295. The summed E-state index contributed by atoms with van der Waals surface area (Å²) in [4.78, 5) is 26.8. The Morgan fingerprint density at radius 1 is 1.03 bits per heavy atom. The van der Waals surface area contributed by atoms with E-state index in [1.807, 2.05) is 42.1 Å². The molecule has 1 aliphatic carbocycles. The molecule has 39 heavy (non-hydrogen) atoms. The van der Waals surface area contributed by atoms with Gasteiger partial charge in [-0.15, -0.1) is 11.3 Å². The van der Waals surface area contributed by atoms with E-state index in [9.17, 15) is 9.18 Å². The third kappa shape index (κ3) is 4.46. The zero-order valence-electron chi connectivity index (χ0n) is 20.7. The Kier molecular flexibility index (Phi) is 5.51. The number of carbonyl (C=O) groups is 1. The van der Waals surface area contributed by atoms with E-state index < -0.39 is 0 Å². The first-order valence-corrected chi connectivity index (χ1v) is 13.2. The highest BCUT2D eigenvalue weighted by Gasteiger charge is 2.27. The summed E-state index contributed by atoms with van der Waals surface area (Å²) in [6, 6.07) is 14.2. The van der Waals surface area contributed by atoms with Crippen molar-refractivity contribution in [3.8, 4) is 33.1 Å². The number of imidazole rings is 1. The lowest BCUT2D eigenvalue weighted by Crippen LogP contribution is -2.11. The standard InChI is InChI=1S/C28H21FN8OS/c1-16-26(39-28(31-16)18-3-2-12-30-13-18)27(38)33-23-15-37-24(32-23)11-10-22(34-37)21-14-36(20-8-9-20)35-25(21)17-4-6-19(29)7-5-17/h2-7,10-15,20H,8-9H2,1H3,(H,33,38). The normalized spacial score (nSPS) is 13.2. The molecule has 0 radical (unpaired) electrons. The molecule has 0 saturated heterocycles. The smallest absolute Gasteiger partial charge is 0.268 e. The number of aryl methyl sites for hydroxylation is 1. The van der Waals surface area contributed by atoms with Crippen molar-refractivity contribution in [1.82, 2.24) is 34.3 Å². The number of carbonyl (C=O) groups excluding carboxylic acids is 1. The Labute approximate surface area is 226 Å². The molecule has 1 saturated carbocycles. The van der Waals surface area contributed by atoms with Gasteiger partial charge in [-0.2, -0.15) is 10.2 Å². The van der Waals surface area contributed by atoms with Crippen molar-refractivity contribution in [3.63, 3.8) is 0 Å². The molecule has 1 amide bonds. The number of thiazole rings is 1. The number of benzene rings is 1. The molecule has 7 rings (SSSR count). The molecule has 11 heteroatoms. The maximum atomic E-state index is 13.6. The average molecular weight is 537 g/mol. The van der Waals surface area contributed by atoms with Crippen LogP contribution in [0, 0.1) is 12.7 Å². The quantitative estimate of drug-likeness (QED) is 0.288. The molecular weight excluding hydrogens is 515 g/mol. The summed E-state index contributed by atoms with van der Waals surface area (Å²) in [5.41, 5.74) is 5.19. The van der Waals surface area contributed by atoms with Crippen LogP contribution in [0.15, 0.2) is 73.3 Å². The van der Waals surface area contributed by atoms with Gasteiger partial charge in [-0.3, -0.25) is 14.5 Å². The van der Waals surface area contributed by atoms with Crippen molar-refractivity contribution >= 4 is 28.7 Å². The van der Waals surface area contributed by atoms with Crippen LogP contribution >= 0.6 is 11.3 Å². The minimum Gasteiger partial charge on any atom is -0.304 e. The number of hydrogen-bond donors (Lipinski definition) is 1. The Morgan fingerprint density at radius 3 is 2.64 bits per heavy atom. The lowest BCUT2D eigenvalue weighted by molar-refractivity contribution is 0.102. The first-order chi connectivity index (χ1) is 19.0. The highest BCUT2D eigenvalue weighted by atomic mass is 32.1. The number of amides is 1. The van der Waals surface area contributed by atoms with Crippen LogP contribution in [0.3, 0.4) is 0 Å². The number of hydrogen-bond acceptors (Lipinski definition) is 7. The molecule has 6 aromatic rings. The lowest BCUT2D eigenvalue weighted by atomic mass is 10.1. The van der Waals surface area contributed by atoms with E-state index in [0.29, 0.717) is 33.8 Å². The summed E-state index contributed by atoms with van der Waals surface area (Å²) in [7, 11) is 0. The van der Waals surface area contributed by atoms with Crippen LogP contribution < -0.4 is 5.32 Å². The maximum Gasteiger partial charge on any atom is 0.268 e. The van der Waals surface area contributed by atoms with Gasteiger partial charge >= 0.3 is 0 Å². The molecule has 9 nitrogen and oxygen atoms in total. The summed E-state index contributed by atoms with van der Waals surface area (Å²) in [5, 5.41) is 13.2. The summed E-state index contributed by atoms with van der Waals surface area (Å²) in [6.07, 6.45) is 9.27. The summed E-state index contributed by atoms with van der Waals surface area (Å²) in [6.45, 7) is 1.81. The third-order valence-electron chi connectivity index (χ3n) is 6.52. The van der Waals surface area contributed by atoms with Gasteiger partial charge in [-0.25, -0.2) is 18.9 Å². The van der Waals surface area contributed by atoms with Gasteiger partial charge < -0.3 is 5.32 Å². The molecular formula is C28H21FN8OS. The molecule has 5 aromatic heterocycles. The number of anilines is 1. The highest BCUT2D eigenvalue weighted by Crippen LogP contribution is 2.38. The molecule has 0 unspecified atom stereocenters. The van der Waals surface area contributed by atoms with E-state index in [1.165, 1.54) is 23.5 Å². The van der Waals surface area contributed by atoms with E-state index in [2.05, 4.69) is 20.3 Å². The predicted octanol–water partition coefficient (Wildman–Crippen LogP) is 5.81. The van der Waals surface area contributed by atoms with E-state index >= 15 is 0 Å². The SMILES string of the molecule is Cc1nc(-c2cccnc2)sc1C(=O)Nc1cn2nc(-c3cn(C4CC4)nc3-c3ccc(F)cc3)ccc2n1. The van der Waals surface area contributed by atoms with Gasteiger partial charge in [-0.1, -0.05) is 0 Å². The van der Waals surface area contributed by atoms with Crippen molar-refractivity contribution in [2.24, 2.45) is 0 Å². The van der Waals surface area contributed by atoms with E-state index in [4.69, 9.17) is 10.2 Å². The molecule has 1 fully saturated rings. The van der Waals surface area contributed by atoms with Gasteiger partial charge in [0.25, 0.3) is 5.91 Å². The maximum absolute atomic E-state index is 13.6. The fraction of sp³-hybridized carbons (Fsp3) is 0.143. The summed E-state index contributed by atoms with van der Waals surface area (Å²) < 4.78 is 17.2. The highest BCUT2D eigenvalue weighted by molar-refractivity contribution is 7.17. The second-order valence-electron chi connectivity index (χ2n) is 9.39. The molecule has 1 aliphatic rings. The van der Waals surface area contributed by atoms with Crippen LogP contribution in [0.1, 0.15) is 34.2 Å². The first kappa shape index (κ1) is 23.4. The molecule has 0 spiro atoms. The Balaban J connectivity index is 1.19. The van der Waals surface area contributed by atoms with Crippen molar-refractivity contribution in [2.45, 2.75) is 25.8 Å². The van der Waals surface area contributed by atoms with Crippen molar-refractivity contribution in [2.75, 3.05) is 5.32 Å². The molecule has 0 bridgehead atoms. The van der Waals surface area contributed by atoms with Gasteiger partial charge in [0.05, 0.1) is 23.6 Å². The van der Waals surface area contributed by atoms with Gasteiger partial charge in [0, 0.05) is 35.3 Å². The number of nitrogens with one attached hydrogen (secondary N) is 1. The Bertz CT molecular complexity index is 1840. The van der Waals surface area contributed by atoms with Crippen LogP contribution in [0.2, 0.25) is 0 Å². The molecule has 0 atom stereocenters. The van der Waals surface area contributed by atoms with Gasteiger partial charge in [-0.05, 0) is 68.3 Å². The van der Waals surface area contributed by atoms with E-state index in [-0.39, 0.29) is 11.7 Å². The molecule has 1 N–H and O–H groups in total. The zero-order chi connectivity index (χ0) is 26.5. The third-order valence-corrected chi connectivity index (χ3v) is 7.72. The number of halogens is 1. The van der Waals surface area contributed by atoms with Gasteiger partial charge in [0.1, 0.15) is 21.4 Å². The molecule has 1 aromatic carbocycles. The average Bonchev–Trinajstić information content (AvgIpc) is 3.38. The van der Waals surface area contributed by atoms with Crippen molar-refractivity contribution < 1.29 is 9.18 Å². The predicted molar refractivity (Wildman–Crippen MR) is 146 cm³/mol. The van der Waals surface area contributed by atoms with Crippen LogP contribution in [0.5, 0.6) is 0 Å². The number of nitrogens with zero attached hydrogens (tertiary/aromatic N) is 7. The molecule has 192 valence electrons. The number of pyridine rings is 1. The van der Waals surface area contributed by atoms with E-state index in [1.54, 1.807) is 35.2 Å². The van der Waals surface area contributed by atoms with E-state index in [0.717, 1.165) is 40.2 Å². The largest absolute Gasteiger partial charge is 0.304 e. The van der Waals surface area contributed by atoms with Crippen molar-refractivity contribution in [3.05, 3.63) is 89.7 Å². The topological polar surface area (TPSA) is 103 Å².